The maximum absolute atomic E-state index is 14.5. The molecule has 3 rings (SSSR count). The minimum absolute atomic E-state index is 0.136. The zero-order chi connectivity index (χ0) is 13.4. The molecule has 4 heteroatoms. The Balaban J connectivity index is 2.05. The predicted molar refractivity (Wildman–Crippen MR) is 67.9 cm³/mol. The molecule has 1 aliphatic heterocycles. The molecule has 19 heavy (non-hydrogen) atoms. The van der Waals surface area contributed by atoms with Crippen LogP contribution in [0.2, 0.25) is 0 Å². The van der Waals surface area contributed by atoms with Crippen LogP contribution in [0.5, 0.6) is 0 Å². The van der Waals surface area contributed by atoms with E-state index in [0.29, 0.717) is 11.6 Å². The third-order valence-electron chi connectivity index (χ3n) is 3.39. The first-order chi connectivity index (χ1) is 9.16. The lowest BCUT2D eigenvalue weighted by Crippen LogP contribution is -2.02. The number of rotatable bonds is 2. The van der Waals surface area contributed by atoms with Crippen molar-refractivity contribution in [2.24, 2.45) is 0 Å². The molecule has 1 N–H and O–H groups in total. The summed E-state index contributed by atoms with van der Waals surface area (Å²) in [6, 6.07) is 8.25. The molecule has 1 atom stereocenters. The summed E-state index contributed by atoms with van der Waals surface area (Å²) in [6.45, 7) is 0.755. The molecular formula is C15H12F3N. The van der Waals surface area contributed by atoms with Crippen LogP contribution in [0.1, 0.15) is 22.9 Å². The maximum atomic E-state index is 14.5. The Morgan fingerprint density at radius 1 is 1.05 bits per heavy atom. The third-order valence-corrected chi connectivity index (χ3v) is 3.39. The zero-order valence-corrected chi connectivity index (χ0v) is 10.1. The van der Waals surface area contributed by atoms with E-state index in [2.05, 4.69) is 5.32 Å². The standard InChI is InChI=1S/C15H12F3N/c16-10-4-5-11(13(17)8-10)14(18)12-3-1-2-9-6-7-19-15(9)12/h1-5,8,14,19H,6-7H2. The van der Waals surface area contributed by atoms with Crippen molar-refractivity contribution in [3.63, 3.8) is 0 Å². The molecule has 2 aromatic rings. The number of alkyl halides is 1. The van der Waals surface area contributed by atoms with Crippen molar-refractivity contribution in [3.05, 3.63) is 64.7 Å². The van der Waals surface area contributed by atoms with Gasteiger partial charge in [-0.15, -0.1) is 0 Å². The molecule has 0 saturated carbocycles. The summed E-state index contributed by atoms with van der Waals surface area (Å²) in [7, 11) is 0. The molecular weight excluding hydrogens is 251 g/mol. The van der Waals surface area contributed by atoms with Gasteiger partial charge in [0, 0.05) is 29.4 Å². The average molecular weight is 263 g/mol. The fourth-order valence-corrected chi connectivity index (χ4v) is 2.45. The van der Waals surface area contributed by atoms with Crippen molar-refractivity contribution in [3.8, 4) is 0 Å². The molecule has 0 fully saturated rings. The Morgan fingerprint density at radius 2 is 1.89 bits per heavy atom. The minimum atomic E-state index is -1.60. The smallest absolute Gasteiger partial charge is 0.155 e. The highest BCUT2D eigenvalue weighted by molar-refractivity contribution is 5.63. The van der Waals surface area contributed by atoms with Crippen LogP contribution in [0, 0.1) is 11.6 Å². The van der Waals surface area contributed by atoms with Gasteiger partial charge in [-0.25, -0.2) is 13.2 Å². The number of benzene rings is 2. The van der Waals surface area contributed by atoms with Crippen molar-refractivity contribution in [1.82, 2.24) is 0 Å². The zero-order valence-electron chi connectivity index (χ0n) is 10.1. The van der Waals surface area contributed by atoms with Crippen LogP contribution in [0.25, 0.3) is 0 Å². The predicted octanol–water partition coefficient (Wildman–Crippen LogP) is 3.99. The van der Waals surface area contributed by atoms with E-state index in [-0.39, 0.29) is 5.56 Å². The molecule has 1 aliphatic rings. The molecule has 0 aromatic heterocycles. The van der Waals surface area contributed by atoms with Crippen molar-refractivity contribution in [1.29, 1.82) is 0 Å². The highest BCUT2D eigenvalue weighted by atomic mass is 19.1. The molecule has 98 valence electrons. The number of para-hydroxylation sites is 1. The van der Waals surface area contributed by atoms with Crippen LogP contribution in [0.15, 0.2) is 36.4 Å². The van der Waals surface area contributed by atoms with Crippen molar-refractivity contribution >= 4 is 5.69 Å². The van der Waals surface area contributed by atoms with Gasteiger partial charge in [0.05, 0.1) is 0 Å². The summed E-state index contributed by atoms with van der Waals surface area (Å²) >= 11 is 0. The van der Waals surface area contributed by atoms with E-state index in [9.17, 15) is 13.2 Å². The summed E-state index contributed by atoms with van der Waals surface area (Å²) in [6.07, 6.45) is -0.761. The van der Waals surface area contributed by atoms with E-state index in [1.165, 1.54) is 0 Å². The number of halogens is 3. The lowest BCUT2D eigenvalue weighted by Gasteiger charge is -2.14. The normalized spacial score (nSPS) is 14.9. The Morgan fingerprint density at radius 3 is 2.68 bits per heavy atom. The highest BCUT2D eigenvalue weighted by Crippen LogP contribution is 2.37. The van der Waals surface area contributed by atoms with Gasteiger partial charge in [0.2, 0.25) is 0 Å². The van der Waals surface area contributed by atoms with Gasteiger partial charge in [0.25, 0.3) is 0 Å². The first-order valence-corrected chi connectivity index (χ1v) is 6.11. The second-order valence-electron chi connectivity index (χ2n) is 4.59. The second-order valence-corrected chi connectivity index (χ2v) is 4.59. The first-order valence-electron chi connectivity index (χ1n) is 6.11. The first kappa shape index (κ1) is 12.1. The largest absolute Gasteiger partial charge is 0.384 e. The molecule has 0 radical (unpaired) electrons. The summed E-state index contributed by atoms with van der Waals surface area (Å²) in [4.78, 5) is 0. The number of nitrogens with one attached hydrogen (secondary N) is 1. The molecule has 0 bridgehead atoms. The highest BCUT2D eigenvalue weighted by Gasteiger charge is 2.23. The lowest BCUT2D eigenvalue weighted by atomic mass is 9.98. The molecule has 0 aliphatic carbocycles. The van der Waals surface area contributed by atoms with Crippen molar-refractivity contribution in [2.75, 3.05) is 11.9 Å². The average Bonchev–Trinajstić information content (AvgIpc) is 2.86. The topological polar surface area (TPSA) is 12.0 Å². The van der Waals surface area contributed by atoms with Gasteiger partial charge in [-0.2, -0.15) is 0 Å². The van der Waals surface area contributed by atoms with Crippen LogP contribution in [0.3, 0.4) is 0 Å². The molecule has 1 nitrogen and oxygen atoms in total. The quantitative estimate of drug-likeness (QED) is 0.863. The van der Waals surface area contributed by atoms with E-state index in [0.717, 1.165) is 36.3 Å². The van der Waals surface area contributed by atoms with Gasteiger partial charge < -0.3 is 5.32 Å². The Kier molecular flexibility index (Phi) is 2.93. The SMILES string of the molecule is Fc1ccc(C(F)c2cccc3c2NCC3)c(F)c1. The summed E-state index contributed by atoms with van der Waals surface area (Å²) in [5.74, 6) is -1.56. The molecule has 1 heterocycles. The van der Waals surface area contributed by atoms with E-state index in [1.807, 2.05) is 6.07 Å². The third kappa shape index (κ3) is 2.07. The van der Waals surface area contributed by atoms with Crippen molar-refractivity contribution < 1.29 is 13.2 Å². The fourth-order valence-electron chi connectivity index (χ4n) is 2.45. The van der Waals surface area contributed by atoms with Gasteiger partial charge >= 0.3 is 0 Å². The van der Waals surface area contributed by atoms with Gasteiger partial charge in [-0.1, -0.05) is 18.2 Å². The monoisotopic (exact) mass is 263 g/mol. The molecule has 1 unspecified atom stereocenters. The summed E-state index contributed by atoms with van der Waals surface area (Å²) in [5.41, 5.74) is 2.03. The van der Waals surface area contributed by atoms with Crippen LogP contribution >= 0.6 is 0 Å². The van der Waals surface area contributed by atoms with Crippen LogP contribution < -0.4 is 5.32 Å². The molecule has 0 saturated heterocycles. The summed E-state index contributed by atoms with van der Waals surface area (Å²) in [5, 5.41) is 3.11. The van der Waals surface area contributed by atoms with Crippen molar-refractivity contribution in [2.45, 2.75) is 12.6 Å². The van der Waals surface area contributed by atoms with Gasteiger partial charge in [-0.3, -0.25) is 0 Å². The van der Waals surface area contributed by atoms with E-state index in [4.69, 9.17) is 0 Å². The Labute approximate surface area is 109 Å². The lowest BCUT2D eigenvalue weighted by molar-refractivity contribution is 0.387. The number of anilines is 1. The molecule has 0 amide bonds. The van der Waals surface area contributed by atoms with E-state index >= 15 is 0 Å². The second kappa shape index (κ2) is 4.61. The van der Waals surface area contributed by atoms with Gasteiger partial charge in [-0.05, 0) is 24.1 Å². The molecule has 2 aromatic carbocycles. The number of hydrogen-bond acceptors (Lipinski definition) is 1. The van der Waals surface area contributed by atoms with E-state index in [1.54, 1.807) is 12.1 Å². The fraction of sp³-hybridized carbons (Fsp3) is 0.200. The van der Waals surface area contributed by atoms with Gasteiger partial charge in [0.15, 0.2) is 6.17 Å². The number of fused-ring (bicyclic) bond motifs is 1. The van der Waals surface area contributed by atoms with E-state index < -0.39 is 17.8 Å². The van der Waals surface area contributed by atoms with Crippen LogP contribution in [-0.2, 0) is 6.42 Å². The van der Waals surface area contributed by atoms with Crippen LogP contribution in [-0.4, -0.2) is 6.54 Å². The Hall–Kier alpha value is -1.97. The van der Waals surface area contributed by atoms with Gasteiger partial charge in [0.1, 0.15) is 11.6 Å². The molecule has 0 spiro atoms. The Bertz CT molecular complexity index is 625. The minimum Gasteiger partial charge on any atom is -0.384 e. The maximum Gasteiger partial charge on any atom is 0.155 e. The number of hydrogen-bond donors (Lipinski definition) is 1. The summed E-state index contributed by atoms with van der Waals surface area (Å²) < 4.78 is 41.0. The van der Waals surface area contributed by atoms with Crippen LogP contribution in [0.4, 0.5) is 18.9 Å².